The zero-order valence-electron chi connectivity index (χ0n) is 19.3. The van der Waals surface area contributed by atoms with E-state index in [1.807, 2.05) is 99.3 Å². The summed E-state index contributed by atoms with van der Waals surface area (Å²) in [6.45, 7) is 4.00. The molecule has 0 saturated heterocycles. The lowest BCUT2D eigenvalue weighted by molar-refractivity contribution is 1.30. The number of hydrogen-bond donors (Lipinski definition) is 0. The second-order valence-corrected chi connectivity index (χ2v) is 7.25. The molecule has 0 unspecified atom stereocenters. The summed E-state index contributed by atoms with van der Waals surface area (Å²) in [6, 6.07) is 30.3. The molecule has 0 saturated carbocycles. The van der Waals surface area contributed by atoms with Gasteiger partial charge in [0.15, 0.2) is 0 Å². The molecule has 0 amide bonds. The monoisotopic (exact) mass is 442 g/mol. The van der Waals surface area contributed by atoms with Crippen LogP contribution in [0.15, 0.2) is 122 Å². The molecule has 0 aliphatic heterocycles. The van der Waals surface area contributed by atoms with Crippen LogP contribution >= 0.6 is 0 Å². The van der Waals surface area contributed by atoms with E-state index in [1.165, 1.54) is 5.39 Å². The lowest BCUT2D eigenvalue weighted by Crippen LogP contribution is -1.85. The molecule has 34 heavy (non-hydrogen) atoms. The average Bonchev–Trinajstić information content (AvgIpc) is 2.95. The average molecular weight is 443 g/mol. The lowest BCUT2D eigenvalue weighted by atomic mass is 10.1. The Morgan fingerprint density at radius 1 is 0.529 bits per heavy atom. The van der Waals surface area contributed by atoms with Crippen LogP contribution in [0.3, 0.4) is 0 Å². The van der Waals surface area contributed by atoms with Crippen molar-refractivity contribution in [3.05, 3.63) is 122 Å². The number of pyridine rings is 4. The summed E-state index contributed by atoms with van der Waals surface area (Å²) in [4.78, 5) is 17.2. The second kappa shape index (κ2) is 11.4. The summed E-state index contributed by atoms with van der Waals surface area (Å²) in [5.74, 6) is 0. The summed E-state index contributed by atoms with van der Waals surface area (Å²) in [6.07, 6.45) is 9.16. The van der Waals surface area contributed by atoms with Gasteiger partial charge in [-0.15, -0.1) is 0 Å². The van der Waals surface area contributed by atoms with Gasteiger partial charge >= 0.3 is 0 Å². The first-order valence-corrected chi connectivity index (χ1v) is 11.4. The van der Waals surface area contributed by atoms with Gasteiger partial charge in [0, 0.05) is 52.9 Å². The molecule has 4 heterocycles. The summed E-state index contributed by atoms with van der Waals surface area (Å²) < 4.78 is 0. The molecule has 166 valence electrons. The largest absolute Gasteiger partial charge is 0.263 e. The maximum Gasteiger partial charge on any atom is 0.0723 e. The van der Waals surface area contributed by atoms with Gasteiger partial charge in [0.2, 0.25) is 0 Å². The molecular formula is C30H26N4. The van der Waals surface area contributed by atoms with Gasteiger partial charge in [0.1, 0.15) is 0 Å². The van der Waals surface area contributed by atoms with E-state index in [9.17, 15) is 0 Å². The van der Waals surface area contributed by atoms with Gasteiger partial charge in [0.25, 0.3) is 0 Å². The van der Waals surface area contributed by atoms with Crippen LogP contribution in [-0.4, -0.2) is 19.9 Å². The predicted octanol–water partition coefficient (Wildman–Crippen LogP) is 7.62. The Kier molecular flexibility index (Phi) is 7.65. The van der Waals surface area contributed by atoms with Crippen molar-refractivity contribution < 1.29 is 0 Å². The number of fused-ring (bicyclic) bond motifs is 2. The lowest BCUT2D eigenvalue weighted by Gasteiger charge is -2.04. The van der Waals surface area contributed by atoms with E-state index in [1.54, 1.807) is 6.20 Å². The standard InChI is InChI=1S/2C14H10N2.C2H6/c1-2-8-15-13(5-1)12-6-7-14-11(10-12)4-3-9-16-14;1-2-6-12-11(5-1)9-15-10-13(12)14-7-3-4-8-16-14;1-2/h2*1-10H;1-2H3. The van der Waals surface area contributed by atoms with Gasteiger partial charge in [-0.25, -0.2) is 0 Å². The van der Waals surface area contributed by atoms with Crippen LogP contribution in [-0.2, 0) is 0 Å². The molecule has 0 N–H and O–H groups in total. The van der Waals surface area contributed by atoms with Crippen LogP contribution in [0, 0.1) is 0 Å². The van der Waals surface area contributed by atoms with Crippen molar-refractivity contribution in [2.24, 2.45) is 0 Å². The maximum absolute atomic E-state index is 4.36. The van der Waals surface area contributed by atoms with E-state index < -0.39 is 0 Å². The molecule has 0 fully saturated rings. The van der Waals surface area contributed by atoms with Crippen LogP contribution in [0.25, 0.3) is 44.2 Å². The van der Waals surface area contributed by atoms with Crippen molar-refractivity contribution in [1.82, 2.24) is 19.9 Å². The minimum Gasteiger partial charge on any atom is -0.263 e. The molecule has 0 spiro atoms. The maximum atomic E-state index is 4.36. The fourth-order valence-electron chi connectivity index (χ4n) is 3.61. The third-order valence-electron chi connectivity index (χ3n) is 5.17. The Bertz CT molecular complexity index is 1450. The van der Waals surface area contributed by atoms with Gasteiger partial charge in [0.05, 0.1) is 16.9 Å². The third-order valence-corrected chi connectivity index (χ3v) is 5.17. The predicted molar refractivity (Wildman–Crippen MR) is 141 cm³/mol. The van der Waals surface area contributed by atoms with Crippen molar-refractivity contribution in [3.63, 3.8) is 0 Å². The molecule has 6 rings (SSSR count). The van der Waals surface area contributed by atoms with Crippen molar-refractivity contribution >= 4 is 21.7 Å². The zero-order chi connectivity index (χ0) is 23.6. The molecule has 0 bridgehead atoms. The van der Waals surface area contributed by atoms with Crippen LogP contribution in [0.2, 0.25) is 0 Å². The topological polar surface area (TPSA) is 51.6 Å². The minimum absolute atomic E-state index is 0.965. The summed E-state index contributed by atoms with van der Waals surface area (Å²) in [5, 5.41) is 3.48. The number of nitrogens with zero attached hydrogens (tertiary/aromatic N) is 4. The minimum atomic E-state index is 0.965. The van der Waals surface area contributed by atoms with E-state index in [-0.39, 0.29) is 0 Å². The summed E-state index contributed by atoms with van der Waals surface area (Å²) >= 11 is 0. The van der Waals surface area contributed by atoms with E-state index >= 15 is 0 Å². The number of aromatic nitrogens is 4. The SMILES string of the molecule is CC.c1ccc(-c2ccc3ncccc3c2)nc1.c1ccc(-c2cncc3ccccc23)nc1. The van der Waals surface area contributed by atoms with Gasteiger partial charge < -0.3 is 0 Å². The molecular weight excluding hydrogens is 416 g/mol. The van der Waals surface area contributed by atoms with Crippen molar-refractivity contribution in [3.8, 4) is 22.5 Å². The zero-order valence-corrected chi connectivity index (χ0v) is 19.3. The van der Waals surface area contributed by atoms with Crippen LogP contribution < -0.4 is 0 Å². The Balaban J connectivity index is 0.000000150. The summed E-state index contributed by atoms with van der Waals surface area (Å²) in [7, 11) is 0. The van der Waals surface area contributed by atoms with Gasteiger partial charge in [-0.1, -0.05) is 62.4 Å². The molecule has 2 aromatic carbocycles. The van der Waals surface area contributed by atoms with Gasteiger partial charge in [-0.2, -0.15) is 0 Å². The smallest absolute Gasteiger partial charge is 0.0723 e. The van der Waals surface area contributed by atoms with Crippen molar-refractivity contribution in [2.75, 3.05) is 0 Å². The molecule has 0 atom stereocenters. The number of hydrogen-bond acceptors (Lipinski definition) is 4. The van der Waals surface area contributed by atoms with Crippen LogP contribution in [0.5, 0.6) is 0 Å². The fourth-order valence-corrected chi connectivity index (χ4v) is 3.61. The molecule has 4 heteroatoms. The molecule has 0 radical (unpaired) electrons. The number of benzene rings is 2. The quantitative estimate of drug-likeness (QED) is 0.277. The normalized spacial score (nSPS) is 10.1. The molecule has 0 aliphatic rings. The molecule has 4 aromatic heterocycles. The summed E-state index contributed by atoms with van der Waals surface area (Å²) in [5.41, 5.74) is 5.18. The number of rotatable bonds is 2. The van der Waals surface area contributed by atoms with E-state index in [0.29, 0.717) is 0 Å². The highest BCUT2D eigenvalue weighted by Crippen LogP contribution is 2.25. The van der Waals surface area contributed by atoms with E-state index in [0.717, 1.165) is 38.8 Å². The van der Waals surface area contributed by atoms with Gasteiger partial charge in [-0.3, -0.25) is 19.9 Å². The van der Waals surface area contributed by atoms with E-state index in [2.05, 4.69) is 50.3 Å². The molecule has 0 aliphatic carbocycles. The molecule has 6 aromatic rings. The highest BCUT2D eigenvalue weighted by molar-refractivity contribution is 5.94. The van der Waals surface area contributed by atoms with Crippen LogP contribution in [0.4, 0.5) is 0 Å². The van der Waals surface area contributed by atoms with Gasteiger partial charge in [-0.05, 0) is 47.9 Å². The highest BCUT2D eigenvalue weighted by atomic mass is 14.7. The van der Waals surface area contributed by atoms with Crippen molar-refractivity contribution in [2.45, 2.75) is 13.8 Å². The first-order chi connectivity index (χ1) is 16.9. The highest BCUT2D eigenvalue weighted by Gasteiger charge is 2.04. The molecule has 4 nitrogen and oxygen atoms in total. The Morgan fingerprint density at radius 2 is 1.21 bits per heavy atom. The fraction of sp³-hybridized carbons (Fsp3) is 0.0667. The van der Waals surface area contributed by atoms with Crippen molar-refractivity contribution in [1.29, 1.82) is 0 Å². The Hall–Kier alpha value is -4.44. The Labute approximate surface area is 200 Å². The second-order valence-electron chi connectivity index (χ2n) is 7.25. The van der Waals surface area contributed by atoms with Crippen LogP contribution in [0.1, 0.15) is 13.8 Å². The Morgan fingerprint density at radius 3 is 1.97 bits per heavy atom. The van der Waals surface area contributed by atoms with E-state index in [4.69, 9.17) is 0 Å². The first-order valence-electron chi connectivity index (χ1n) is 11.4. The first kappa shape index (κ1) is 22.7. The third kappa shape index (κ3) is 5.30.